The van der Waals surface area contributed by atoms with Crippen LogP contribution in [-0.2, 0) is 4.79 Å². The van der Waals surface area contributed by atoms with Crippen molar-refractivity contribution in [3.63, 3.8) is 0 Å². The van der Waals surface area contributed by atoms with Crippen LogP contribution in [0, 0.1) is 10.1 Å². The Morgan fingerprint density at radius 1 is 0.914 bits per heavy atom. The van der Waals surface area contributed by atoms with Gasteiger partial charge in [-0.15, -0.1) is 0 Å². The number of hydrogen-bond donors (Lipinski definition) is 1. The Kier molecular flexibility index (Phi) is 7.47. The van der Waals surface area contributed by atoms with Crippen LogP contribution >= 0.6 is 11.6 Å². The molecule has 0 bridgehead atoms. The topological polar surface area (TPSA) is 105 Å². The molecule has 35 heavy (non-hydrogen) atoms. The summed E-state index contributed by atoms with van der Waals surface area (Å²) in [7, 11) is 0. The van der Waals surface area contributed by atoms with E-state index in [0.29, 0.717) is 48.2 Å². The van der Waals surface area contributed by atoms with Gasteiger partial charge in [0.25, 0.3) is 17.5 Å². The molecule has 1 heterocycles. The molecule has 1 saturated heterocycles. The Bertz CT molecular complexity index is 1190. The number of benzene rings is 3. The van der Waals surface area contributed by atoms with Crippen molar-refractivity contribution in [3.8, 4) is 5.75 Å². The molecule has 0 unspecified atom stereocenters. The first-order valence-electron chi connectivity index (χ1n) is 11.0. The average Bonchev–Trinajstić information content (AvgIpc) is 2.88. The Hall–Kier alpha value is -4.11. The van der Waals surface area contributed by atoms with Gasteiger partial charge in [-0.05, 0) is 60.7 Å². The van der Waals surface area contributed by atoms with Crippen LogP contribution in [0.25, 0.3) is 0 Å². The van der Waals surface area contributed by atoms with E-state index in [2.05, 4.69) is 10.2 Å². The van der Waals surface area contributed by atoms with E-state index in [0.717, 1.165) is 5.69 Å². The largest absolute Gasteiger partial charge is 0.484 e. The van der Waals surface area contributed by atoms with Crippen LogP contribution in [0.2, 0.25) is 5.02 Å². The number of hydrogen-bond acceptors (Lipinski definition) is 6. The number of piperazine rings is 1. The van der Waals surface area contributed by atoms with Gasteiger partial charge in [0.1, 0.15) is 5.75 Å². The summed E-state index contributed by atoms with van der Waals surface area (Å²) in [5, 5.41) is 14.1. The summed E-state index contributed by atoms with van der Waals surface area (Å²) in [5.74, 6) is 0.0236. The van der Waals surface area contributed by atoms with Crippen LogP contribution in [-0.4, -0.2) is 54.4 Å². The molecule has 1 fully saturated rings. The van der Waals surface area contributed by atoms with E-state index in [1.807, 2.05) is 29.2 Å². The Morgan fingerprint density at radius 2 is 1.54 bits per heavy atom. The molecule has 1 N–H and O–H groups in total. The molecule has 1 aliphatic rings. The van der Waals surface area contributed by atoms with E-state index in [1.165, 1.54) is 24.3 Å². The Balaban J connectivity index is 1.24. The summed E-state index contributed by atoms with van der Waals surface area (Å²) in [6, 6.07) is 19.9. The van der Waals surface area contributed by atoms with Gasteiger partial charge in [-0.3, -0.25) is 19.7 Å². The molecule has 0 aliphatic carbocycles. The highest BCUT2D eigenvalue weighted by molar-refractivity contribution is 6.30. The molecular formula is C25H23ClN4O5. The number of carbonyl (C=O) groups is 2. The van der Waals surface area contributed by atoms with E-state index in [-0.39, 0.29) is 24.1 Å². The van der Waals surface area contributed by atoms with Gasteiger partial charge < -0.3 is 19.9 Å². The van der Waals surface area contributed by atoms with Crippen LogP contribution < -0.4 is 15.0 Å². The smallest absolute Gasteiger partial charge is 0.269 e. The third-order valence-corrected chi connectivity index (χ3v) is 5.84. The number of ether oxygens (including phenoxy) is 1. The summed E-state index contributed by atoms with van der Waals surface area (Å²) < 4.78 is 5.38. The molecule has 1 aliphatic heterocycles. The Labute approximate surface area is 207 Å². The molecule has 10 heteroatoms. The third kappa shape index (κ3) is 6.27. The van der Waals surface area contributed by atoms with E-state index in [9.17, 15) is 19.7 Å². The average molecular weight is 495 g/mol. The fourth-order valence-corrected chi connectivity index (χ4v) is 3.83. The number of rotatable bonds is 7. The highest BCUT2D eigenvalue weighted by Gasteiger charge is 2.22. The van der Waals surface area contributed by atoms with E-state index in [1.54, 1.807) is 24.3 Å². The third-order valence-electron chi connectivity index (χ3n) is 5.59. The molecular weight excluding hydrogens is 472 g/mol. The lowest BCUT2D eigenvalue weighted by atomic mass is 10.1. The maximum Gasteiger partial charge on any atom is 0.269 e. The number of nitrogens with one attached hydrogen (secondary N) is 1. The zero-order valence-corrected chi connectivity index (χ0v) is 19.5. The number of nitro benzene ring substituents is 1. The minimum Gasteiger partial charge on any atom is -0.484 e. The molecule has 9 nitrogen and oxygen atoms in total. The SMILES string of the molecule is O=C(COc1ccc([N+](=O)[O-])cc1)Nc1ccc(N2CCN(C(=O)c3ccc(Cl)cc3)CC2)cc1. The highest BCUT2D eigenvalue weighted by Crippen LogP contribution is 2.21. The van der Waals surface area contributed by atoms with Gasteiger partial charge in [0.2, 0.25) is 0 Å². The van der Waals surface area contributed by atoms with Gasteiger partial charge >= 0.3 is 0 Å². The molecule has 2 amide bonds. The first-order valence-corrected chi connectivity index (χ1v) is 11.3. The maximum atomic E-state index is 12.7. The second-order valence-electron chi connectivity index (χ2n) is 7.92. The van der Waals surface area contributed by atoms with Crippen molar-refractivity contribution in [2.45, 2.75) is 0 Å². The lowest BCUT2D eigenvalue weighted by Gasteiger charge is -2.36. The zero-order valence-electron chi connectivity index (χ0n) is 18.7. The van der Waals surface area contributed by atoms with Gasteiger partial charge in [-0.25, -0.2) is 0 Å². The summed E-state index contributed by atoms with van der Waals surface area (Å²) in [6.45, 7) is 2.41. The quantitative estimate of drug-likeness (QED) is 0.389. The van der Waals surface area contributed by atoms with E-state index in [4.69, 9.17) is 16.3 Å². The number of non-ortho nitro benzene ring substituents is 1. The molecule has 0 aromatic heterocycles. The number of carbonyl (C=O) groups excluding carboxylic acids is 2. The second-order valence-corrected chi connectivity index (χ2v) is 8.36. The lowest BCUT2D eigenvalue weighted by Crippen LogP contribution is -2.48. The number of anilines is 2. The molecule has 0 saturated carbocycles. The predicted octanol–water partition coefficient (Wildman–Crippen LogP) is 4.23. The fourth-order valence-electron chi connectivity index (χ4n) is 3.71. The van der Waals surface area contributed by atoms with Crippen LogP contribution in [0.5, 0.6) is 5.75 Å². The minimum absolute atomic E-state index is 0.00433. The van der Waals surface area contributed by atoms with Crippen LogP contribution in [0.1, 0.15) is 10.4 Å². The molecule has 180 valence electrons. The van der Waals surface area contributed by atoms with E-state index >= 15 is 0 Å². The Morgan fingerprint density at radius 3 is 2.14 bits per heavy atom. The van der Waals surface area contributed by atoms with Gasteiger partial charge in [0.15, 0.2) is 6.61 Å². The standard InChI is InChI=1S/C25H23ClN4O5/c26-19-3-1-18(2-4-19)25(32)29-15-13-28(14-16-29)21-7-5-20(6-8-21)27-24(31)17-35-23-11-9-22(10-12-23)30(33)34/h1-12H,13-17H2,(H,27,31). The van der Waals surface area contributed by atoms with Crippen molar-refractivity contribution in [2.24, 2.45) is 0 Å². The minimum atomic E-state index is -0.499. The van der Waals surface area contributed by atoms with Crippen LogP contribution in [0.15, 0.2) is 72.8 Å². The molecule has 0 spiro atoms. The van der Waals surface area contributed by atoms with Crippen LogP contribution in [0.4, 0.5) is 17.1 Å². The molecule has 4 rings (SSSR count). The normalized spacial score (nSPS) is 13.3. The summed E-state index contributed by atoms with van der Waals surface area (Å²) in [6.07, 6.45) is 0. The second kappa shape index (κ2) is 10.9. The molecule has 0 atom stereocenters. The van der Waals surface area contributed by atoms with E-state index < -0.39 is 4.92 Å². The zero-order chi connectivity index (χ0) is 24.8. The highest BCUT2D eigenvalue weighted by atomic mass is 35.5. The number of nitrogens with zero attached hydrogens (tertiary/aromatic N) is 3. The summed E-state index contributed by atoms with van der Waals surface area (Å²) in [4.78, 5) is 39.1. The van der Waals surface area contributed by atoms with Crippen molar-refractivity contribution in [3.05, 3.63) is 93.5 Å². The number of nitro groups is 1. The van der Waals surface area contributed by atoms with Crippen LogP contribution in [0.3, 0.4) is 0 Å². The predicted molar refractivity (Wildman–Crippen MR) is 133 cm³/mol. The first kappa shape index (κ1) is 24.0. The van der Waals surface area contributed by atoms with Gasteiger partial charge in [-0.1, -0.05) is 11.6 Å². The van der Waals surface area contributed by atoms with Crippen molar-refractivity contribution in [1.82, 2.24) is 4.90 Å². The molecule has 3 aromatic rings. The van der Waals surface area contributed by atoms with Crippen molar-refractivity contribution in [2.75, 3.05) is 43.0 Å². The summed E-state index contributed by atoms with van der Waals surface area (Å²) >= 11 is 5.90. The van der Waals surface area contributed by atoms with Crippen molar-refractivity contribution < 1.29 is 19.2 Å². The summed E-state index contributed by atoms with van der Waals surface area (Å²) in [5.41, 5.74) is 2.21. The fraction of sp³-hybridized carbons (Fsp3) is 0.200. The number of halogens is 1. The number of amides is 2. The lowest BCUT2D eigenvalue weighted by molar-refractivity contribution is -0.384. The monoisotopic (exact) mass is 494 g/mol. The molecule has 0 radical (unpaired) electrons. The van der Waals surface area contributed by atoms with Gasteiger partial charge in [-0.2, -0.15) is 0 Å². The maximum absolute atomic E-state index is 12.7. The molecule has 3 aromatic carbocycles. The van der Waals surface area contributed by atoms with Gasteiger partial charge in [0, 0.05) is 60.3 Å². The van der Waals surface area contributed by atoms with Crippen molar-refractivity contribution >= 4 is 40.5 Å². The first-order chi connectivity index (χ1) is 16.9. The van der Waals surface area contributed by atoms with Crippen molar-refractivity contribution in [1.29, 1.82) is 0 Å². The van der Waals surface area contributed by atoms with Gasteiger partial charge in [0.05, 0.1) is 4.92 Å².